The van der Waals surface area contributed by atoms with E-state index in [4.69, 9.17) is 4.74 Å². The summed E-state index contributed by atoms with van der Waals surface area (Å²) in [6.07, 6.45) is 1.68. The number of sulfonamides is 1. The maximum atomic E-state index is 13.9. The van der Waals surface area contributed by atoms with Crippen LogP contribution in [0.25, 0.3) is 0 Å². The van der Waals surface area contributed by atoms with Crippen molar-refractivity contribution in [3.63, 3.8) is 0 Å². The number of hydrogen-bond donors (Lipinski definition) is 1. The van der Waals surface area contributed by atoms with Crippen LogP contribution < -0.4 is 15.0 Å². The highest BCUT2D eigenvalue weighted by molar-refractivity contribution is 7.89. The van der Waals surface area contributed by atoms with E-state index < -0.39 is 10.0 Å². The lowest BCUT2D eigenvalue weighted by Gasteiger charge is -2.36. The number of carbonyl (C=O) groups excluding carboxylic acids is 1. The topological polar surface area (TPSA) is 82.2 Å². The van der Waals surface area contributed by atoms with Gasteiger partial charge in [-0.2, -0.15) is 4.31 Å². The van der Waals surface area contributed by atoms with Crippen LogP contribution >= 0.6 is 0 Å². The smallest absolute Gasteiger partial charge is 0.259 e. The molecule has 0 spiro atoms. The Morgan fingerprint density at radius 3 is 2.38 bits per heavy atom. The van der Waals surface area contributed by atoms with Crippen LogP contribution in [0, 0.1) is 12.8 Å². The molecule has 2 fully saturated rings. The lowest BCUT2D eigenvalue weighted by molar-refractivity contribution is 0.102. The zero-order chi connectivity index (χ0) is 24.0. The highest BCUT2D eigenvalue weighted by atomic mass is 32.2. The minimum absolute atomic E-state index is 0.186. The van der Waals surface area contributed by atoms with E-state index in [1.807, 2.05) is 25.1 Å². The van der Waals surface area contributed by atoms with Crippen LogP contribution in [0.4, 0.5) is 11.4 Å². The van der Waals surface area contributed by atoms with Crippen LogP contribution in [0.3, 0.4) is 0 Å². The van der Waals surface area contributed by atoms with Gasteiger partial charge in [0.15, 0.2) is 5.75 Å². The predicted octanol–water partition coefficient (Wildman–Crippen LogP) is 3.53. The Morgan fingerprint density at radius 1 is 0.971 bits per heavy atom. The van der Waals surface area contributed by atoms with Gasteiger partial charge in [0, 0.05) is 45.3 Å². The third-order valence-corrected chi connectivity index (χ3v) is 9.04. The summed E-state index contributed by atoms with van der Waals surface area (Å²) >= 11 is 0. The fourth-order valence-corrected chi connectivity index (χ4v) is 6.50. The van der Waals surface area contributed by atoms with E-state index >= 15 is 0 Å². The maximum Gasteiger partial charge on any atom is 0.259 e. The number of nitrogens with zero attached hydrogens (tertiary/aromatic N) is 3. The molecule has 0 radical (unpaired) electrons. The van der Waals surface area contributed by atoms with Crippen LogP contribution in [-0.4, -0.2) is 69.8 Å². The summed E-state index contributed by atoms with van der Waals surface area (Å²) in [5.74, 6) is 1.06. The van der Waals surface area contributed by atoms with E-state index in [9.17, 15) is 13.2 Å². The molecule has 8 nitrogen and oxygen atoms in total. The molecular formula is C25H32N4O4S. The molecule has 2 saturated heterocycles. The first kappa shape index (κ1) is 23.1. The van der Waals surface area contributed by atoms with Gasteiger partial charge in [0.1, 0.15) is 10.6 Å². The Labute approximate surface area is 201 Å². The Bertz CT molecular complexity index is 1210. The summed E-state index contributed by atoms with van der Waals surface area (Å²) in [6, 6.07) is 8.87. The molecule has 3 heterocycles. The monoisotopic (exact) mass is 484 g/mol. The van der Waals surface area contributed by atoms with Crippen LogP contribution in [0.5, 0.6) is 11.5 Å². The number of benzene rings is 2. The first-order chi connectivity index (χ1) is 16.2. The molecule has 2 aromatic rings. The van der Waals surface area contributed by atoms with Gasteiger partial charge in [-0.15, -0.1) is 0 Å². The lowest BCUT2D eigenvalue weighted by Crippen LogP contribution is -2.45. The number of carbonyl (C=O) groups is 1. The van der Waals surface area contributed by atoms with Crippen molar-refractivity contribution in [2.45, 2.75) is 31.6 Å². The molecule has 182 valence electrons. The largest absolute Gasteiger partial charge is 0.454 e. The van der Waals surface area contributed by atoms with Gasteiger partial charge in [-0.3, -0.25) is 4.79 Å². The molecule has 0 saturated carbocycles. The molecule has 0 unspecified atom stereocenters. The van der Waals surface area contributed by atoms with Crippen molar-refractivity contribution in [3.8, 4) is 11.5 Å². The van der Waals surface area contributed by atoms with Crippen LogP contribution in [0.2, 0.25) is 0 Å². The molecular weight excluding hydrogens is 452 g/mol. The fourth-order valence-electron chi connectivity index (χ4n) is 4.82. The maximum absolute atomic E-state index is 13.9. The predicted molar refractivity (Wildman–Crippen MR) is 133 cm³/mol. The summed E-state index contributed by atoms with van der Waals surface area (Å²) in [4.78, 5) is 17.7. The molecule has 0 bridgehead atoms. The Balaban J connectivity index is 1.62. The minimum atomic E-state index is -3.78. The van der Waals surface area contributed by atoms with E-state index in [-0.39, 0.29) is 16.4 Å². The molecule has 5 rings (SSSR count). The second-order valence-electron chi connectivity index (χ2n) is 9.75. The number of ether oxygens (including phenoxy) is 1. The SMILES string of the molecule is Cc1ccc2c(c1)NC(=O)c1cc(S(=O)(=O)N3CCC(C)CC3)c(N3CCN(C)CC3)cc1O2. The zero-order valence-electron chi connectivity index (χ0n) is 20.0. The van der Waals surface area contributed by atoms with Gasteiger partial charge >= 0.3 is 0 Å². The van der Waals surface area contributed by atoms with Crippen molar-refractivity contribution in [3.05, 3.63) is 41.5 Å². The summed E-state index contributed by atoms with van der Waals surface area (Å²) in [5.41, 5.74) is 2.41. The van der Waals surface area contributed by atoms with Crippen molar-refractivity contribution in [1.82, 2.24) is 9.21 Å². The summed E-state index contributed by atoms with van der Waals surface area (Å²) in [7, 11) is -1.72. The quantitative estimate of drug-likeness (QED) is 0.718. The average Bonchev–Trinajstić information content (AvgIpc) is 2.94. The summed E-state index contributed by atoms with van der Waals surface area (Å²) in [6.45, 7) is 8.17. The molecule has 2 aromatic carbocycles. The molecule has 3 aliphatic rings. The number of piperazine rings is 1. The van der Waals surface area contributed by atoms with Gasteiger partial charge < -0.3 is 19.9 Å². The highest BCUT2D eigenvalue weighted by Crippen LogP contribution is 2.42. The second kappa shape index (κ2) is 8.87. The fraction of sp³-hybridized carbons (Fsp3) is 0.480. The molecule has 1 amide bonds. The van der Waals surface area contributed by atoms with E-state index in [0.717, 1.165) is 31.5 Å². The zero-order valence-corrected chi connectivity index (χ0v) is 20.8. The van der Waals surface area contributed by atoms with E-state index in [0.29, 0.717) is 55.0 Å². The number of hydrogen-bond acceptors (Lipinski definition) is 6. The van der Waals surface area contributed by atoms with Crippen molar-refractivity contribution >= 4 is 27.3 Å². The van der Waals surface area contributed by atoms with Crippen LogP contribution in [0.1, 0.15) is 35.7 Å². The molecule has 0 aliphatic carbocycles. The lowest BCUT2D eigenvalue weighted by atomic mass is 10.0. The number of nitrogens with one attached hydrogen (secondary N) is 1. The molecule has 9 heteroatoms. The van der Waals surface area contributed by atoms with E-state index in [2.05, 4.69) is 29.1 Å². The first-order valence-electron chi connectivity index (χ1n) is 11.9. The van der Waals surface area contributed by atoms with Gasteiger partial charge in [-0.05, 0) is 56.5 Å². The number of aryl methyl sites for hydroxylation is 1. The Kier molecular flexibility index (Phi) is 6.03. The van der Waals surface area contributed by atoms with Crippen LogP contribution in [0.15, 0.2) is 35.2 Å². The Morgan fingerprint density at radius 2 is 1.68 bits per heavy atom. The number of amides is 1. The van der Waals surface area contributed by atoms with E-state index in [1.165, 1.54) is 6.07 Å². The number of anilines is 2. The Hall–Kier alpha value is -2.62. The number of fused-ring (bicyclic) bond motifs is 2. The van der Waals surface area contributed by atoms with Gasteiger partial charge in [0.2, 0.25) is 10.0 Å². The number of likely N-dealkylation sites (N-methyl/N-ethyl adjacent to an activating group) is 1. The molecule has 34 heavy (non-hydrogen) atoms. The number of rotatable bonds is 3. The van der Waals surface area contributed by atoms with Crippen molar-refractivity contribution < 1.29 is 17.9 Å². The number of piperidine rings is 1. The third kappa shape index (κ3) is 4.28. The molecule has 0 aromatic heterocycles. The second-order valence-corrected chi connectivity index (χ2v) is 11.7. The summed E-state index contributed by atoms with van der Waals surface area (Å²) in [5, 5.41) is 2.90. The van der Waals surface area contributed by atoms with Crippen LogP contribution in [-0.2, 0) is 10.0 Å². The van der Waals surface area contributed by atoms with Gasteiger partial charge in [-0.1, -0.05) is 13.0 Å². The standard InChI is InChI=1S/C25H32N4O4S/c1-17-6-8-29(9-7-17)34(31,32)24-15-19-23(16-21(24)28-12-10-27(3)11-13-28)33-22-5-4-18(2)14-20(22)26-25(19)30/h4-5,14-17H,6-13H2,1-3H3,(H,26,30). The minimum Gasteiger partial charge on any atom is -0.454 e. The van der Waals surface area contributed by atoms with Crippen molar-refractivity contribution in [1.29, 1.82) is 0 Å². The molecule has 1 N–H and O–H groups in total. The highest BCUT2D eigenvalue weighted by Gasteiger charge is 2.35. The van der Waals surface area contributed by atoms with E-state index in [1.54, 1.807) is 10.4 Å². The van der Waals surface area contributed by atoms with Gasteiger partial charge in [-0.25, -0.2) is 8.42 Å². The first-order valence-corrected chi connectivity index (χ1v) is 13.4. The normalized spacial score (nSPS) is 20.2. The third-order valence-electron chi connectivity index (χ3n) is 7.11. The van der Waals surface area contributed by atoms with Gasteiger partial charge in [0.05, 0.1) is 16.9 Å². The average molecular weight is 485 g/mol. The van der Waals surface area contributed by atoms with Crippen molar-refractivity contribution in [2.75, 3.05) is 56.5 Å². The molecule has 0 atom stereocenters. The van der Waals surface area contributed by atoms with Gasteiger partial charge in [0.25, 0.3) is 5.91 Å². The van der Waals surface area contributed by atoms with Crippen molar-refractivity contribution in [2.24, 2.45) is 5.92 Å². The molecule has 3 aliphatic heterocycles. The summed E-state index contributed by atoms with van der Waals surface area (Å²) < 4.78 is 35.5.